The first-order chi connectivity index (χ1) is 16.7. The molecule has 0 heterocycles. The maximum Gasteiger partial charge on any atom is -0.0154 e. The number of hydrogen-bond donors (Lipinski definition) is 0. The van der Waals surface area contributed by atoms with Crippen molar-refractivity contribution in [2.24, 2.45) is 23.7 Å². The Morgan fingerprint density at radius 3 is 2.03 bits per heavy atom. The molecular formula is C34H52. The van der Waals surface area contributed by atoms with Crippen LogP contribution in [0.25, 0.3) is 0 Å². The summed E-state index contributed by atoms with van der Waals surface area (Å²) in [4.78, 5) is 0. The van der Waals surface area contributed by atoms with Crippen LogP contribution in [0.2, 0.25) is 0 Å². The second kappa shape index (κ2) is 11.3. The van der Waals surface area contributed by atoms with Gasteiger partial charge in [-0.1, -0.05) is 51.5 Å². The van der Waals surface area contributed by atoms with Crippen LogP contribution in [0.1, 0.15) is 143 Å². The Labute approximate surface area is 211 Å². The van der Waals surface area contributed by atoms with Gasteiger partial charge in [0.2, 0.25) is 0 Å². The summed E-state index contributed by atoms with van der Waals surface area (Å²) < 4.78 is 0. The van der Waals surface area contributed by atoms with Gasteiger partial charge in [0.15, 0.2) is 0 Å². The Hall–Kier alpha value is -1.04. The number of benzene rings is 1. The van der Waals surface area contributed by atoms with E-state index in [9.17, 15) is 0 Å². The van der Waals surface area contributed by atoms with Crippen molar-refractivity contribution >= 4 is 0 Å². The van der Waals surface area contributed by atoms with E-state index in [1.165, 1.54) is 122 Å². The van der Waals surface area contributed by atoms with Gasteiger partial charge in [-0.2, -0.15) is 0 Å². The second-order valence-electron chi connectivity index (χ2n) is 12.9. The van der Waals surface area contributed by atoms with E-state index < -0.39 is 0 Å². The summed E-state index contributed by atoms with van der Waals surface area (Å²) >= 11 is 0. The van der Waals surface area contributed by atoms with Gasteiger partial charge in [-0.05, 0) is 153 Å². The summed E-state index contributed by atoms with van der Waals surface area (Å²) in [6.07, 6.45) is 29.4. The van der Waals surface area contributed by atoms with Crippen LogP contribution in [0.3, 0.4) is 0 Å². The number of allylic oxidation sites excluding steroid dienone is 1. The predicted octanol–water partition coefficient (Wildman–Crippen LogP) is 9.83. The molecule has 0 heteroatoms. The van der Waals surface area contributed by atoms with Crippen molar-refractivity contribution in [3.05, 3.63) is 46.0 Å². The highest BCUT2D eigenvalue weighted by atomic mass is 14.4. The third-order valence-electron chi connectivity index (χ3n) is 10.7. The molecule has 5 rings (SSSR count). The fourth-order valence-electron chi connectivity index (χ4n) is 9.12. The lowest BCUT2D eigenvalue weighted by Gasteiger charge is -2.42. The van der Waals surface area contributed by atoms with Gasteiger partial charge in [0.25, 0.3) is 0 Å². The summed E-state index contributed by atoms with van der Waals surface area (Å²) in [5.74, 6) is 4.54. The van der Waals surface area contributed by atoms with E-state index >= 15 is 0 Å². The van der Waals surface area contributed by atoms with Crippen molar-refractivity contribution in [2.75, 3.05) is 0 Å². The molecule has 2 saturated carbocycles. The molecule has 0 saturated heterocycles. The number of fused-ring (bicyclic) bond motifs is 2. The molecule has 0 spiro atoms. The second-order valence-corrected chi connectivity index (χ2v) is 12.9. The van der Waals surface area contributed by atoms with Crippen molar-refractivity contribution in [2.45, 2.75) is 142 Å². The Kier molecular flexibility index (Phi) is 8.22. The summed E-state index contributed by atoms with van der Waals surface area (Å²) in [6.45, 7) is 9.25. The fourth-order valence-corrected chi connectivity index (χ4v) is 9.12. The lowest BCUT2D eigenvalue weighted by atomic mass is 9.63. The Morgan fingerprint density at radius 1 is 0.706 bits per heavy atom. The predicted molar refractivity (Wildman–Crippen MR) is 148 cm³/mol. The zero-order valence-electron chi connectivity index (χ0n) is 22.6. The SMILES string of the molecule is C=CCC1CCCCCC(C)CC1C1CCCC(c2c3c(c(C)c4c2CCCC4)CCCC3)C1. The molecule has 0 radical (unpaired) electrons. The molecule has 188 valence electrons. The first-order valence-electron chi connectivity index (χ1n) is 15.4. The van der Waals surface area contributed by atoms with Crippen molar-refractivity contribution in [3.63, 3.8) is 0 Å². The van der Waals surface area contributed by atoms with Gasteiger partial charge in [0.05, 0.1) is 0 Å². The minimum atomic E-state index is 0.852. The highest BCUT2D eigenvalue weighted by Crippen LogP contribution is 2.49. The van der Waals surface area contributed by atoms with Crippen molar-refractivity contribution in [1.29, 1.82) is 0 Å². The summed E-state index contributed by atoms with van der Waals surface area (Å²) in [5.41, 5.74) is 11.0. The van der Waals surface area contributed by atoms with Crippen molar-refractivity contribution in [1.82, 2.24) is 0 Å². The van der Waals surface area contributed by atoms with Crippen LogP contribution >= 0.6 is 0 Å². The Bertz CT molecular complexity index is 807. The third kappa shape index (κ3) is 5.08. The summed E-state index contributed by atoms with van der Waals surface area (Å²) in [6, 6.07) is 0. The van der Waals surface area contributed by atoms with Crippen LogP contribution in [0.4, 0.5) is 0 Å². The van der Waals surface area contributed by atoms with E-state index in [1.54, 1.807) is 5.56 Å². The smallest absolute Gasteiger partial charge is 0.0154 e. The first-order valence-corrected chi connectivity index (χ1v) is 15.4. The van der Waals surface area contributed by atoms with Gasteiger partial charge in [-0.25, -0.2) is 0 Å². The van der Waals surface area contributed by atoms with Gasteiger partial charge in [0.1, 0.15) is 0 Å². The normalized spacial score (nSPS) is 32.6. The van der Waals surface area contributed by atoms with Gasteiger partial charge in [-0.15, -0.1) is 6.58 Å². The molecule has 0 bridgehead atoms. The van der Waals surface area contributed by atoms with Crippen molar-refractivity contribution < 1.29 is 0 Å². The van der Waals surface area contributed by atoms with Crippen LogP contribution in [0.15, 0.2) is 12.7 Å². The third-order valence-corrected chi connectivity index (χ3v) is 10.7. The largest absolute Gasteiger partial charge is 0.103 e. The van der Waals surface area contributed by atoms with E-state index in [0.29, 0.717) is 0 Å². The molecule has 0 N–H and O–H groups in total. The van der Waals surface area contributed by atoms with Crippen LogP contribution in [-0.4, -0.2) is 0 Å². The van der Waals surface area contributed by atoms with Crippen molar-refractivity contribution in [3.8, 4) is 0 Å². The van der Waals surface area contributed by atoms with Gasteiger partial charge < -0.3 is 0 Å². The standard InChI is InChI=1S/C34H52/c1-4-13-26-15-7-5-6-14-24(2)22-33(26)27-16-12-17-28(23-27)34-31-20-10-8-18-29(31)25(3)30-19-9-11-21-32(30)34/h4,24,26-28,33H,1,5-23H2,2-3H3. The zero-order chi connectivity index (χ0) is 23.5. The van der Waals surface area contributed by atoms with Gasteiger partial charge in [-0.3, -0.25) is 0 Å². The molecule has 5 atom stereocenters. The minimum absolute atomic E-state index is 0.852. The average molecular weight is 461 g/mol. The molecule has 4 aliphatic rings. The van der Waals surface area contributed by atoms with E-state index in [2.05, 4.69) is 26.5 Å². The van der Waals surface area contributed by atoms with Crippen LogP contribution in [0, 0.1) is 30.6 Å². The maximum absolute atomic E-state index is 4.20. The summed E-state index contributed by atoms with van der Waals surface area (Å²) in [5, 5.41) is 0. The van der Waals surface area contributed by atoms with E-state index in [1.807, 2.05) is 27.8 Å². The Morgan fingerprint density at radius 2 is 1.35 bits per heavy atom. The monoisotopic (exact) mass is 460 g/mol. The highest BCUT2D eigenvalue weighted by molar-refractivity contribution is 5.55. The van der Waals surface area contributed by atoms with E-state index in [0.717, 1.165) is 29.6 Å². The number of hydrogen-bond acceptors (Lipinski definition) is 0. The molecule has 0 amide bonds. The summed E-state index contributed by atoms with van der Waals surface area (Å²) in [7, 11) is 0. The highest BCUT2D eigenvalue weighted by Gasteiger charge is 2.37. The molecule has 0 aromatic heterocycles. The van der Waals surface area contributed by atoms with Gasteiger partial charge in [0, 0.05) is 0 Å². The first kappa shape index (κ1) is 24.6. The van der Waals surface area contributed by atoms with Gasteiger partial charge >= 0.3 is 0 Å². The van der Waals surface area contributed by atoms with E-state index in [4.69, 9.17) is 0 Å². The molecule has 5 unspecified atom stereocenters. The lowest BCUT2D eigenvalue weighted by molar-refractivity contribution is 0.133. The Balaban J connectivity index is 1.47. The van der Waals surface area contributed by atoms with Crippen LogP contribution < -0.4 is 0 Å². The quantitative estimate of drug-likeness (QED) is 0.392. The topological polar surface area (TPSA) is 0 Å². The molecule has 1 aromatic carbocycles. The minimum Gasteiger partial charge on any atom is -0.103 e. The molecule has 34 heavy (non-hydrogen) atoms. The maximum atomic E-state index is 4.20. The number of rotatable bonds is 4. The molecule has 2 fully saturated rings. The van der Waals surface area contributed by atoms with Crippen LogP contribution in [-0.2, 0) is 25.7 Å². The zero-order valence-corrected chi connectivity index (χ0v) is 22.6. The lowest BCUT2D eigenvalue weighted by Crippen LogP contribution is -2.30. The average Bonchev–Trinajstić information content (AvgIpc) is 2.95. The molecule has 4 aliphatic carbocycles. The molecule has 1 aromatic rings. The molecule has 0 nitrogen and oxygen atoms in total. The van der Waals surface area contributed by atoms with Crippen LogP contribution in [0.5, 0.6) is 0 Å². The van der Waals surface area contributed by atoms with E-state index in [-0.39, 0.29) is 0 Å². The molecular weight excluding hydrogens is 408 g/mol. The molecule has 0 aliphatic heterocycles. The fraction of sp³-hybridized carbons (Fsp3) is 0.765.